The van der Waals surface area contributed by atoms with Crippen LogP contribution in [0.1, 0.15) is 23.6 Å². The normalized spacial score (nSPS) is 15.8. The number of carbonyl (C=O) groups excluding carboxylic acids is 3. The Morgan fingerprint density at radius 3 is 2.54 bits per heavy atom. The minimum atomic E-state index is -0.761. The van der Waals surface area contributed by atoms with Crippen molar-refractivity contribution in [3.63, 3.8) is 0 Å². The van der Waals surface area contributed by atoms with Crippen LogP contribution in [0.25, 0.3) is 6.08 Å². The molecular weight excluding hydrogens is 424 g/mol. The molecule has 0 aliphatic carbocycles. The average Bonchev–Trinajstić information content (AvgIpc) is 2.60. The topological polar surface area (TPSA) is 75.7 Å². The maximum absolute atomic E-state index is 13.0. The molecule has 0 atom stereocenters. The lowest BCUT2D eigenvalue weighted by molar-refractivity contribution is -0.122. The molecule has 0 bridgehead atoms. The van der Waals surface area contributed by atoms with Gasteiger partial charge in [0.2, 0.25) is 0 Å². The van der Waals surface area contributed by atoms with Crippen LogP contribution in [0.4, 0.5) is 10.5 Å². The first-order chi connectivity index (χ1) is 13.3. The van der Waals surface area contributed by atoms with Gasteiger partial charge in [-0.15, -0.1) is 0 Å². The van der Waals surface area contributed by atoms with Crippen molar-refractivity contribution < 1.29 is 19.1 Å². The number of hydrogen-bond donors (Lipinski definition) is 1. The maximum atomic E-state index is 13.0. The molecule has 0 radical (unpaired) electrons. The number of halogens is 1. The third kappa shape index (κ3) is 3.99. The van der Waals surface area contributed by atoms with Crippen molar-refractivity contribution in [1.29, 1.82) is 0 Å². The fourth-order valence-corrected chi connectivity index (χ4v) is 3.51. The lowest BCUT2D eigenvalue weighted by Gasteiger charge is -2.27. The number of benzene rings is 2. The van der Waals surface area contributed by atoms with Crippen LogP contribution in [0.3, 0.4) is 0 Å². The van der Waals surface area contributed by atoms with Gasteiger partial charge in [-0.1, -0.05) is 33.6 Å². The van der Waals surface area contributed by atoms with Crippen LogP contribution in [0.5, 0.6) is 5.75 Å². The van der Waals surface area contributed by atoms with Gasteiger partial charge in [0.05, 0.1) is 12.3 Å². The summed E-state index contributed by atoms with van der Waals surface area (Å²) in [5.41, 5.74) is 2.69. The number of ether oxygens (including phenoxy) is 1. The van der Waals surface area contributed by atoms with E-state index >= 15 is 0 Å². The lowest BCUT2D eigenvalue weighted by Crippen LogP contribution is -2.54. The first-order valence-corrected chi connectivity index (χ1v) is 9.51. The van der Waals surface area contributed by atoms with Crippen LogP contribution in [0, 0.1) is 13.8 Å². The van der Waals surface area contributed by atoms with Crippen molar-refractivity contribution in [2.24, 2.45) is 0 Å². The summed E-state index contributed by atoms with van der Waals surface area (Å²) in [5.74, 6) is -0.790. The molecule has 1 N–H and O–H groups in total. The number of nitrogens with one attached hydrogen (secondary N) is 1. The molecule has 0 saturated carbocycles. The highest BCUT2D eigenvalue weighted by Gasteiger charge is 2.37. The summed E-state index contributed by atoms with van der Waals surface area (Å²) in [6.07, 6.45) is 1.45. The molecule has 6 nitrogen and oxygen atoms in total. The van der Waals surface area contributed by atoms with E-state index in [0.717, 1.165) is 20.5 Å². The van der Waals surface area contributed by atoms with Gasteiger partial charge in [0.1, 0.15) is 11.3 Å². The predicted molar refractivity (Wildman–Crippen MR) is 110 cm³/mol. The Hall–Kier alpha value is -2.93. The van der Waals surface area contributed by atoms with Gasteiger partial charge in [-0.3, -0.25) is 14.9 Å². The van der Waals surface area contributed by atoms with Crippen LogP contribution < -0.4 is 15.0 Å². The molecule has 144 valence electrons. The van der Waals surface area contributed by atoms with Crippen molar-refractivity contribution in [3.8, 4) is 5.75 Å². The first kappa shape index (κ1) is 19.8. The second kappa shape index (κ2) is 7.98. The summed E-state index contributed by atoms with van der Waals surface area (Å²) in [6, 6.07) is 9.89. The number of anilines is 1. The Morgan fingerprint density at radius 1 is 1.11 bits per heavy atom. The van der Waals surface area contributed by atoms with Gasteiger partial charge in [0.15, 0.2) is 0 Å². The molecule has 1 heterocycles. The van der Waals surface area contributed by atoms with Gasteiger partial charge >= 0.3 is 6.03 Å². The van der Waals surface area contributed by atoms with Crippen LogP contribution in [-0.4, -0.2) is 24.5 Å². The van der Waals surface area contributed by atoms with Crippen LogP contribution in [0.2, 0.25) is 0 Å². The second-order valence-electron chi connectivity index (χ2n) is 6.40. The Kier molecular flexibility index (Phi) is 5.65. The third-order valence-corrected chi connectivity index (χ3v) is 4.67. The van der Waals surface area contributed by atoms with E-state index in [1.807, 2.05) is 32.9 Å². The molecule has 1 fully saturated rings. The highest BCUT2D eigenvalue weighted by Crippen LogP contribution is 2.27. The van der Waals surface area contributed by atoms with Crippen molar-refractivity contribution in [2.75, 3.05) is 11.5 Å². The quantitative estimate of drug-likeness (QED) is 0.570. The number of aryl methyl sites for hydroxylation is 2. The summed E-state index contributed by atoms with van der Waals surface area (Å²) in [7, 11) is 0. The zero-order valence-corrected chi connectivity index (χ0v) is 17.3. The van der Waals surface area contributed by atoms with E-state index in [1.54, 1.807) is 24.3 Å². The van der Waals surface area contributed by atoms with Gasteiger partial charge in [-0.25, -0.2) is 9.69 Å². The maximum Gasteiger partial charge on any atom is 0.335 e. The Labute approximate surface area is 171 Å². The monoisotopic (exact) mass is 442 g/mol. The van der Waals surface area contributed by atoms with Gasteiger partial charge in [-0.2, -0.15) is 0 Å². The van der Waals surface area contributed by atoms with Gasteiger partial charge < -0.3 is 4.74 Å². The van der Waals surface area contributed by atoms with E-state index in [1.165, 1.54) is 6.08 Å². The third-order valence-electron chi connectivity index (χ3n) is 4.21. The van der Waals surface area contributed by atoms with Crippen molar-refractivity contribution >= 4 is 45.5 Å². The number of imide groups is 2. The average molecular weight is 443 g/mol. The smallest absolute Gasteiger partial charge is 0.335 e. The van der Waals surface area contributed by atoms with Crippen molar-refractivity contribution in [3.05, 3.63) is 63.1 Å². The molecule has 3 rings (SSSR count). The molecule has 2 aromatic carbocycles. The summed E-state index contributed by atoms with van der Waals surface area (Å²) in [4.78, 5) is 38.7. The highest BCUT2D eigenvalue weighted by molar-refractivity contribution is 9.10. The fourth-order valence-electron chi connectivity index (χ4n) is 3.02. The molecule has 0 unspecified atom stereocenters. The molecule has 28 heavy (non-hydrogen) atoms. The van der Waals surface area contributed by atoms with Crippen molar-refractivity contribution in [2.45, 2.75) is 20.8 Å². The number of hydrogen-bond acceptors (Lipinski definition) is 4. The van der Waals surface area contributed by atoms with E-state index in [-0.39, 0.29) is 5.57 Å². The van der Waals surface area contributed by atoms with E-state index in [9.17, 15) is 14.4 Å². The number of barbiturate groups is 1. The Bertz CT molecular complexity index is 1010. The SMILES string of the molecule is CCOc1cc(Br)cc(/C=C2\C(=O)NC(=O)N(c3ccc(C)cc3C)C2=O)c1. The highest BCUT2D eigenvalue weighted by atomic mass is 79.9. The summed E-state index contributed by atoms with van der Waals surface area (Å²) in [5, 5.41) is 2.24. The lowest BCUT2D eigenvalue weighted by atomic mass is 10.0. The summed E-state index contributed by atoms with van der Waals surface area (Å²) >= 11 is 3.39. The largest absolute Gasteiger partial charge is 0.494 e. The molecule has 0 spiro atoms. The molecule has 0 aromatic heterocycles. The van der Waals surface area contributed by atoms with Gasteiger partial charge in [0.25, 0.3) is 11.8 Å². The van der Waals surface area contributed by atoms with E-state index in [0.29, 0.717) is 23.6 Å². The van der Waals surface area contributed by atoms with E-state index in [4.69, 9.17) is 4.74 Å². The minimum absolute atomic E-state index is 0.125. The zero-order valence-electron chi connectivity index (χ0n) is 15.7. The van der Waals surface area contributed by atoms with E-state index < -0.39 is 17.8 Å². The van der Waals surface area contributed by atoms with Crippen molar-refractivity contribution in [1.82, 2.24) is 5.32 Å². The zero-order chi connectivity index (χ0) is 20.4. The number of rotatable bonds is 4. The first-order valence-electron chi connectivity index (χ1n) is 8.72. The number of urea groups is 1. The molecule has 2 aromatic rings. The van der Waals surface area contributed by atoms with Crippen LogP contribution >= 0.6 is 15.9 Å². The number of carbonyl (C=O) groups is 3. The molecular formula is C21H19BrN2O4. The number of amides is 4. The molecule has 1 aliphatic rings. The standard InChI is InChI=1S/C21H19BrN2O4/c1-4-28-16-9-14(8-15(22)11-16)10-17-19(25)23-21(27)24(20(17)26)18-6-5-12(2)7-13(18)3/h5-11H,4H2,1-3H3,(H,23,25,27)/b17-10+. The van der Waals surface area contributed by atoms with Crippen LogP contribution in [-0.2, 0) is 9.59 Å². The molecule has 7 heteroatoms. The van der Waals surface area contributed by atoms with Crippen LogP contribution in [0.15, 0.2) is 46.4 Å². The Morgan fingerprint density at radius 2 is 1.86 bits per heavy atom. The van der Waals surface area contributed by atoms with Gasteiger partial charge in [-0.05, 0) is 62.2 Å². The molecule has 1 aliphatic heterocycles. The fraction of sp³-hybridized carbons (Fsp3) is 0.190. The molecule has 4 amide bonds. The predicted octanol–water partition coefficient (Wildman–Crippen LogP) is 4.13. The second-order valence-corrected chi connectivity index (χ2v) is 7.32. The number of nitrogens with zero attached hydrogens (tertiary/aromatic N) is 1. The molecule has 1 saturated heterocycles. The minimum Gasteiger partial charge on any atom is -0.494 e. The summed E-state index contributed by atoms with van der Waals surface area (Å²) in [6.45, 7) is 6.09. The Balaban J connectivity index is 2.04. The summed E-state index contributed by atoms with van der Waals surface area (Å²) < 4.78 is 6.24. The van der Waals surface area contributed by atoms with E-state index in [2.05, 4.69) is 21.2 Å². The van der Waals surface area contributed by atoms with Gasteiger partial charge in [0, 0.05) is 4.47 Å².